The van der Waals surface area contributed by atoms with Gasteiger partial charge in [-0.15, -0.1) is 11.3 Å². The largest absolute Gasteiger partial charge is 0.453 e. The van der Waals surface area contributed by atoms with Gasteiger partial charge in [-0.2, -0.15) is 0 Å². The average Bonchev–Trinajstić information content (AvgIpc) is 2.75. The molecule has 2 rings (SSSR count). The molecule has 0 saturated heterocycles. The molecule has 2 heterocycles. The first-order chi connectivity index (χ1) is 6.75. The van der Waals surface area contributed by atoms with Crippen molar-refractivity contribution in [2.45, 2.75) is 11.2 Å². The predicted molar refractivity (Wildman–Crippen MR) is 66.1 cm³/mol. The summed E-state index contributed by atoms with van der Waals surface area (Å²) >= 11 is 8.68. The lowest BCUT2D eigenvalue weighted by Crippen LogP contribution is -1.90. The molecule has 0 amide bonds. The summed E-state index contributed by atoms with van der Waals surface area (Å²) in [6.07, 6.45) is 0.970. The first kappa shape index (κ1) is 10.5. The molecule has 0 N–H and O–H groups in total. The molecule has 0 aliphatic rings. The molecule has 0 radical (unpaired) electrons. The van der Waals surface area contributed by atoms with Gasteiger partial charge in [0.1, 0.15) is 5.76 Å². The number of alkyl halides is 1. The topological polar surface area (TPSA) is 13.1 Å². The number of rotatable bonds is 3. The van der Waals surface area contributed by atoms with E-state index in [4.69, 9.17) is 4.42 Å². The molecule has 2 aromatic heterocycles. The Balaban J connectivity index is 2.06. The molecule has 0 aliphatic heterocycles. The molecule has 0 aromatic carbocycles. The van der Waals surface area contributed by atoms with Crippen LogP contribution in [0.15, 0.2) is 38.7 Å². The van der Waals surface area contributed by atoms with Crippen LogP contribution in [-0.2, 0) is 6.42 Å². The number of furan rings is 1. The van der Waals surface area contributed by atoms with E-state index < -0.39 is 0 Å². The van der Waals surface area contributed by atoms with E-state index >= 15 is 0 Å². The van der Waals surface area contributed by atoms with Crippen molar-refractivity contribution in [2.24, 2.45) is 0 Å². The molecule has 4 heteroatoms. The van der Waals surface area contributed by atoms with E-state index in [0.717, 1.165) is 16.9 Å². The van der Waals surface area contributed by atoms with Crippen molar-refractivity contribution in [2.75, 3.05) is 0 Å². The van der Waals surface area contributed by atoms with E-state index in [-0.39, 0.29) is 4.83 Å². The Morgan fingerprint density at radius 1 is 1.36 bits per heavy atom. The molecule has 0 bridgehead atoms. The third-order valence-electron chi connectivity index (χ3n) is 1.86. The summed E-state index contributed by atoms with van der Waals surface area (Å²) in [5.41, 5.74) is 0. The van der Waals surface area contributed by atoms with Crippen molar-refractivity contribution in [3.8, 4) is 0 Å². The van der Waals surface area contributed by atoms with Crippen molar-refractivity contribution in [3.63, 3.8) is 0 Å². The zero-order valence-electron chi connectivity index (χ0n) is 7.24. The summed E-state index contributed by atoms with van der Waals surface area (Å²) in [4.78, 5) is 1.62. The molecule has 14 heavy (non-hydrogen) atoms. The van der Waals surface area contributed by atoms with E-state index in [1.54, 1.807) is 11.3 Å². The number of hydrogen-bond acceptors (Lipinski definition) is 2. The van der Waals surface area contributed by atoms with Crippen LogP contribution in [0.4, 0.5) is 0 Å². The third-order valence-corrected chi connectivity index (χ3v) is 3.96. The zero-order valence-corrected chi connectivity index (χ0v) is 11.2. The summed E-state index contributed by atoms with van der Waals surface area (Å²) in [5, 5.41) is 2.09. The summed E-state index contributed by atoms with van der Waals surface area (Å²) in [6, 6.07) is 8.10. The second kappa shape index (κ2) is 4.64. The van der Waals surface area contributed by atoms with Crippen LogP contribution < -0.4 is 0 Å². The van der Waals surface area contributed by atoms with Crippen molar-refractivity contribution in [1.29, 1.82) is 0 Å². The van der Waals surface area contributed by atoms with Gasteiger partial charge in [0.2, 0.25) is 0 Å². The lowest BCUT2D eigenvalue weighted by atomic mass is 10.2. The highest BCUT2D eigenvalue weighted by Crippen LogP contribution is 2.31. The van der Waals surface area contributed by atoms with Crippen LogP contribution in [0, 0.1) is 0 Å². The molecule has 1 atom stereocenters. The number of halogens is 2. The van der Waals surface area contributed by atoms with E-state index in [0.29, 0.717) is 0 Å². The SMILES string of the molecule is Brc1ccc(C(Br)Cc2cccs2)o1. The van der Waals surface area contributed by atoms with Gasteiger partial charge in [-0.1, -0.05) is 22.0 Å². The lowest BCUT2D eigenvalue weighted by Gasteiger charge is -2.03. The van der Waals surface area contributed by atoms with Gasteiger partial charge in [0.25, 0.3) is 0 Å². The summed E-state index contributed by atoms with van der Waals surface area (Å²) in [7, 11) is 0. The molecular formula is C10H8Br2OS. The van der Waals surface area contributed by atoms with Crippen molar-refractivity contribution >= 4 is 43.2 Å². The molecule has 2 aromatic rings. The van der Waals surface area contributed by atoms with Crippen LogP contribution in [0.5, 0.6) is 0 Å². The Morgan fingerprint density at radius 3 is 2.79 bits per heavy atom. The fourth-order valence-corrected chi connectivity index (χ4v) is 3.08. The van der Waals surface area contributed by atoms with Gasteiger partial charge in [-0.3, -0.25) is 0 Å². The third kappa shape index (κ3) is 2.49. The quantitative estimate of drug-likeness (QED) is 0.735. The van der Waals surface area contributed by atoms with Crippen molar-refractivity contribution < 1.29 is 4.42 Å². The summed E-state index contributed by atoms with van der Waals surface area (Å²) in [5.74, 6) is 0.963. The van der Waals surface area contributed by atoms with Crippen LogP contribution in [0.25, 0.3) is 0 Å². The lowest BCUT2D eigenvalue weighted by molar-refractivity contribution is 0.486. The standard InChI is InChI=1S/C10H8Br2OS/c11-8(6-7-2-1-5-14-7)9-3-4-10(12)13-9/h1-5,8H,6H2. The maximum Gasteiger partial charge on any atom is 0.169 e. The molecule has 0 spiro atoms. The van der Waals surface area contributed by atoms with Crippen LogP contribution >= 0.6 is 43.2 Å². The number of hydrogen-bond donors (Lipinski definition) is 0. The molecule has 1 nitrogen and oxygen atoms in total. The summed E-state index contributed by atoms with van der Waals surface area (Å²) < 4.78 is 6.25. The minimum Gasteiger partial charge on any atom is -0.453 e. The Labute approximate surface area is 103 Å². The molecule has 1 unspecified atom stereocenters. The smallest absolute Gasteiger partial charge is 0.169 e. The van der Waals surface area contributed by atoms with Gasteiger partial charge in [-0.05, 0) is 39.5 Å². The molecular weight excluding hydrogens is 328 g/mol. The van der Waals surface area contributed by atoms with Crippen LogP contribution in [0.2, 0.25) is 0 Å². The van der Waals surface area contributed by atoms with E-state index in [2.05, 4.69) is 49.4 Å². The zero-order chi connectivity index (χ0) is 9.97. The second-order valence-electron chi connectivity index (χ2n) is 2.89. The normalized spacial score (nSPS) is 13.0. The minimum atomic E-state index is 0.257. The van der Waals surface area contributed by atoms with E-state index in [1.807, 2.05) is 12.1 Å². The molecule has 0 aliphatic carbocycles. The fourth-order valence-electron chi connectivity index (χ4n) is 1.20. The maximum absolute atomic E-state index is 5.47. The van der Waals surface area contributed by atoms with Gasteiger partial charge >= 0.3 is 0 Å². The first-order valence-electron chi connectivity index (χ1n) is 4.17. The second-order valence-corrected chi connectivity index (χ2v) is 5.81. The predicted octanol–water partition coefficient (Wildman–Crippen LogP) is 4.78. The Morgan fingerprint density at radius 2 is 2.21 bits per heavy atom. The highest BCUT2D eigenvalue weighted by molar-refractivity contribution is 9.10. The highest BCUT2D eigenvalue weighted by Gasteiger charge is 2.12. The Bertz CT molecular complexity index is 394. The Hall–Kier alpha value is -0.0600. The average molecular weight is 336 g/mol. The van der Waals surface area contributed by atoms with E-state index in [9.17, 15) is 0 Å². The molecule has 0 fully saturated rings. The summed E-state index contributed by atoms with van der Waals surface area (Å²) in [6.45, 7) is 0. The molecule has 74 valence electrons. The van der Waals surface area contributed by atoms with Crippen LogP contribution in [0.3, 0.4) is 0 Å². The minimum absolute atomic E-state index is 0.257. The van der Waals surface area contributed by atoms with Gasteiger partial charge in [-0.25, -0.2) is 0 Å². The fraction of sp³-hybridized carbons (Fsp3) is 0.200. The van der Waals surface area contributed by atoms with Crippen molar-refractivity contribution in [3.05, 3.63) is 45.0 Å². The monoisotopic (exact) mass is 334 g/mol. The van der Waals surface area contributed by atoms with Crippen molar-refractivity contribution in [1.82, 2.24) is 0 Å². The highest BCUT2D eigenvalue weighted by atomic mass is 79.9. The van der Waals surface area contributed by atoms with Crippen LogP contribution in [-0.4, -0.2) is 0 Å². The maximum atomic E-state index is 5.47. The van der Waals surface area contributed by atoms with Gasteiger partial charge in [0, 0.05) is 11.3 Å². The van der Waals surface area contributed by atoms with Gasteiger partial charge in [0.15, 0.2) is 4.67 Å². The van der Waals surface area contributed by atoms with Gasteiger partial charge in [0.05, 0.1) is 4.83 Å². The van der Waals surface area contributed by atoms with Crippen LogP contribution in [0.1, 0.15) is 15.5 Å². The number of thiophene rings is 1. The van der Waals surface area contributed by atoms with Gasteiger partial charge < -0.3 is 4.42 Å². The van der Waals surface area contributed by atoms with E-state index in [1.165, 1.54) is 4.88 Å². The molecule has 0 saturated carbocycles. The first-order valence-corrected chi connectivity index (χ1v) is 6.76. The Kier molecular flexibility index (Phi) is 3.47.